The minimum atomic E-state index is -2.97. The fraction of sp³-hybridized carbons (Fsp3) is 0.871. The van der Waals surface area contributed by atoms with Crippen LogP contribution >= 0.6 is 0 Å². The number of carbonyl (C=O) groups excluding carboxylic acids is 6. The number of sulfonamides is 2. The molecule has 0 spiro atoms. The molecule has 23 heteroatoms. The Labute approximate surface area is 722 Å². The van der Waals surface area contributed by atoms with Gasteiger partial charge in [0.2, 0.25) is 49.6 Å². The van der Waals surface area contributed by atoms with E-state index < -0.39 is 20.0 Å². The molecule has 0 atom stereocenters. The lowest BCUT2D eigenvalue weighted by atomic mass is 10.0. The van der Waals surface area contributed by atoms with Crippen LogP contribution in [0, 0.1) is 71.0 Å². The molecule has 0 fully saturated rings. The van der Waals surface area contributed by atoms with Crippen molar-refractivity contribution in [3.05, 3.63) is 35.9 Å². The van der Waals surface area contributed by atoms with E-state index in [2.05, 4.69) is 259 Å². The number of hydrogen-bond acceptors (Lipinski definition) is 14. The summed E-state index contributed by atoms with van der Waals surface area (Å²) in [6, 6.07) is 10.6. The van der Waals surface area contributed by atoms with E-state index in [0.717, 1.165) is 152 Å². The average molecular weight is 1700 g/mol. The zero-order chi connectivity index (χ0) is 93.0. The van der Waals surface area contributed by atoms with Crippen LogP contribution < -0.4 is 37.0 Å². The van der Waals surface area contributed by atoms with E-state index in [1.54, 1.807) is 46.7 Å². The van der Waals surface area contributed by atoms with Crippen molar-refractivity contribution in [2.24, 2.45) is 76.7 Å². The third-order valence-corrected chi connectivity index (χ3v) is 18.6. The molecule has 1 aromatic carbocycles. The van der Waals surface area contributed by atoms with Gasteiger partial charge in [-0.2, -0.15) is 0 Å². The Kier molecular flexibility index (Phi) is 110. The SMILES string of the molecule is CC(=O)CCCCC(C)C.CC(=O)N(C)CCC(C)C.CC(=O)NCCC(C)C.CC(=O)NCCCCC(C)C.CC(C)CCN.CC(C)CCN(C)C.CC(C)CCN(C)Cc1ccccc1.CC(C)CCN(C)S(C)(=O)=O.CC(C)CCNS(C)(=O)=O.CCC(=O)NCCC(C)C.CNC(=O)CCCC(C)C.CNCCC(C)C. The van der Waals surface area contributed by atoms with E-state index in [1.807, 2.05) is 21.0 Å². The van der Waals surface area contributed by atoms with Crippen LogP contribution in [-0.2, 0) is 55.4 Å². The van der Waals surface area contributed by atoms with Crippen LogP contribution in [0.1, 0.15) is 335 Å². The molecule has 0 unspecified atom stereocenters. The summed E-state index contributed by atoms with van der Waals surface area (Å²) in [7, 11) is 7.60. The average Bonchev–Trinajstić information content (AvgIpc) is 0.929. The number of nitrogens with zero attached hydrogens (tertiary/aromatic N) is 4. The van der Waals surface area contributed by atoms with Gasteiger partial charge in [-0.15, -0.1) is 0 Å². The highest BCUT2D eigenvalue weighted by Gasteiger charge is 2.11. The molecule has 700 valence electrons. The van der Waals surface area contributed by atoms with E-state index in [0.29, 0.717) is 67.2 Å². The first kappa shape index (κ1) is 135. The van der Waals surface area contributed by atoms with Crippen molar-refractivity contribution in [3.8, 4) is 0 Å². The summed E-state index contributed by atoms with van der Waals surface area (Å²) in [4.78, 5) is 69.6. The Bertz CT molecular complexity index is 2460. The first-order chi connectivity index (χ1) is 53.3. The normalized spacial score (nSPS) is 10.8. The number of rotatable bonds is 45. The number of nitrogens with one attached hydrogen (secondary N) is 6. The molecule has 0 saturated carbocycles. The van der Waals surface area contributed by atoms with E-state index in [4.69, 9.17) is 5.73 Å². The van der Waals surface area contributed by atoms with Gasteiger partial charge in [0, 0.05) is 107 Å². The highest BCUT2D eigenvalue weighted by Crippen LogP contribution is 2.11. The van der Waals surface area contributed by atoms with Crippen molar-refractivity contribution in [1.82, 2.24) is 50.3 Å². The summed E-state index contributed by atoms with van der Waals surface area (Å²) in [5.41, 5.74) is 6.63. The van der Waals surface area contributed by atoms with E-state index >= 15 is 0 Å². The van der Waals surface area contributed by atoms with Crippen LogP contribution in [0.3, 0.4) is 0 Å². The van der Waals surface area contributed by atoms with E-state index in [-0.39, 0.29) is 29.5 Å². The first-order valence-electron chi connectivity index (χ1n) is 44.6. The van der Waals surface area contributed by atoms with Crippen molar-refractivity contribution in [2.75, 3.05) is 127 Å². The van der Waals surface area contributed by atoms with Gasteiger partial charge in [0.25, 0.3) is 0 Å². The molecule has 116 heavy (non-hydrogen) atoms. The first-order valence-corrected chi connectivity index (χ1v) is 48.3. The van der Waals surface area contributed by atoms with Gasteiger partial charge in [-0.3, -0.25) is 24.0 Å². The molecule has 0 bridgehead atoms. The standard InChI is InChI=1S/C13H21N.C9H19NO.C9H18O.3C8H17NO.C7H17NO2S.C7H15NO.C7H17N.C6H15NO2S.C6H15N.C5H13N/c1-12(2)9-10-14(3)11-13-7-5-4-6-8-13;1-8(2)6-4-5-7-10-9(3)11;1-8(2)6-4-5-7-9(3)10;1-7(2)5-6-9(4)8(3)10;1-7(2)5-4-6-8(10)9-3;1-4-8(10)9-6-5-7(2)3;1-7(2)5-6-8(3)11(4,9)10;1-6(2)4-5-8-7(3)9;1-7(2)5-6-8(3)4;1-6(2)4-5-7-10(3,8)9;1-6(2)4-5-7-3;1-5(2)3-4-6/h4-8,12H,9-11H2,1-3H3;8H,4-7H2,1-3H3,(H,10,11);8H,4-7H2,1-3H3;7H,5-6H2,1-4H3;2*7H,4-6H2,1-3H3,(H,9,10);7H,5-6H2,1-4H3;6H,4-5H2,1-3H3,(H,8,9);7H,5-6H2,1-4H3;6-7H,4-5H2,1-3H3;6-7H,4-5H2,1-3H3;5H,3-4,6H2,1-2H3. The van der Waals surface area contributed by atoms with Crippen molar-refractivity contribution < 1.29 is 45.6 Å². The summed E-state index contributed by atoms with van der Waals surface area (Å²) >= 11 is 0. The highest BCUT2D eigenvalue weighted by molar-refractivity contribution is 7.88. The van der Waals surface area contributed by atoms with E-state index in [1.165, 1.54) is 80.4 Å². The Morgan fingerprint density at radius 3 is 1.08 bits per heavy atom. The smallest absolute Gasteiger partial charge is 0.219 e. The van der Waals surface area contributed by atoms with Crippen molar-refractivity contribution in [3.63, 3.8) is 0 Å². The number of amides is 5. The van der Waals surface area contributed by atoms with Crippen molar-refractivity contribution in [1.29, 1.82) is 0 Å². The Morgan fingerprint density at radius 2 is 0.759 bits per heavy atom. The Hall–Kier alpha value is -4.10. The lowest BCUT2D eigenvalue weighted by Crippen LogP contribution is -2.27. The number of hydrogen-bond donors (Lipinski definition) is 7. The van der Waals surface area contributed by atoms with Gasteiger partial charge in [0.05, 0.1) is 12.5 Å². The van der Waals surface area contributed by atoms with Gasteiger partial charge >= 0.3 is 0 Å². The molecule has 0 aliphatic heterocycles. The van der Waals surface area contributed by atoms with Crippen LogP contribution in [0.2, 0.25) is 0 Å². The predicted molar refractivity (Wildman–Crippen MR) is 509 cm³/mol. The molecule has 0 radical (unpaired) electrons. The molecule has 0 aliphatic carbocycles. The maximum atomic E-state index is 10.9. The molecular formula is C93H201N11O10S2. The predicted octanol–water partition coefficient (Wildman–Crippen LogP) is 19.0. The highest BCUT2D eigenvalue weighted by atomic mass is 32.2. The monoisotopic (exact) mass is 1700 g/mol. The maximum Gasteiger partial charge on any atom is 0.219 e. The molecule has 0 heterocycles. The fourth-order valence-electron chi connectivity index (χ4n) is 8.31. The Morgan fingerprint density at radius 1 is 0.397 bits per heavy atom. The maximum absolute atomic E-state index is 10.9. The fourth-order valence-corrected chi connectivity index (χ4v) is 9.24. The zero-order valence-electron chi connectivity index (χ0n) is 83.5. The number of benzene rings is 1. The summed E-state index contributed by atoms with van der Waals surface area (Å²) in [6.07, 6.45) is 23.8. The van der Waals surface area contributed by atoms with Crippen molar-refractivity contribution in [2.45, 2.75) is 336 Å². The summed E-state index contributed by atoms with van der Waals surface area (Å²) < 4.78 is 46.5. The van der Waals surface area contributed by atoms with Gasteiger partial charge in [-0.05, 0) is 215 Å². The van der Waals surface area contributed by atoms with Gasteiger partial charge < -0.3 is 51.8 Å². The largest absolute Gasteiger partial charge is 0.359 e. The minimum Gasteiger partial charge on any atom is -0.359 e. The summed E-state index contributed by atoms with van der Waals surface area (Å²) in [5, 5.41) is 14.0. The molecule has 21 nitrogen and oxygen atoms in total. The molecule has 8 N–H and O–H groups in total. The number of unbranched alkanes of at least 4 members (excludes halogenated alkanes) is 2. The number of ketones is 1. The molecule has 1 rings (SSSR count). The topological polar surface area (TPSA) is 282 Å². The van der Waals surface area contributed by atoms with Crippen LogP contribution in [0.15, 0.2) is 30.3 Å². The molecule has 0 aromatic heterocycles. The van der Waals surface area contributed by atoms with Crippen LogP contribution in [-0.4, -0.2) is 198 Å². The second kappa shape index (κ2) is 94.7. The van der Waals surface area contributed by atoms with Crippen LogP contribution in [0.4, 0.5) is 0 Å². The molecular weight excluding hydrogens is 1500 g/mol. The lowest BCUT2D eigenvalue weighted by Gasteiger charge is -2.17. The van der Waals surface area contributed by atoms with Crippen molar-refractivity contribution >= 4 is 55.4 Å². The summed E-state index contributed by atoms with van der Waals surface area (Å²) in [6.45, 7) is 70.5. The number of Topliss-reactive ketones (excluding diaryl/α,β-unsaturated/α-hetero) is 1. The second-order valence-electron chi connectivity index (χ2n) is 36.1. The second-order valence-corrected chi connectivity index (χ2v) is 40.0. The third kappa shape index (κ3) is 165. The number of carbonyl (C=O) groups is 6. The van der Waals surface area contributed by atoms with Crippen LogP contribution in [0.5, 0.6) is 0 Å². The van der Waals surface area contributed by atoms with Gasteiger partial charge in [0.1, 0.15) is 5.78 Å². The van der Waals surface area contributed by atoms with Gasteiger partial charge in [0.15, 0.2) is 0 Å². The lowest BCUT2D eigenvalue weighted by molar-refractivity contribution is -0.127. The minimum absolute atomic E-state index is 0.0654. The van der Waals surface area contributed by atoms with Crippen LogP contribution in [0.25, 0.3) is 0 Å². The number of nitrogens with two attached hydrogens (primary N) is 1. The third-order valence-electron chi connectivity index (χ3n) is 16.6. The zero-order valence-corrected chi connectivity index (χ0v) is 85.1. The Balaban J connectivity index is -0.000000116. The quantitative estimate of drug-likeness (QED) is 0.0299. The molecule has 5 amide bonds. The molecule has 1 aromatic rings. The van der Waals surface area contributed by atoms with Gasteiger partial charge in [-0.1, -0.05) is 236 Å². The summed E-state index contributed by atoms with van der Waals surface area (Å²) in [5.74, 6) is 9.61. The van der Waals surface area contributed by atoms with Gasteiger partial charge in [-0.25, -0.2) is 25.9 Å². The molecule has 0 saturated heterocycles. The molecule has 0 aliphatic rings. The van der Waals surface area contributed by atoms with E-state index in [9.17, 15) is 45.6 Å².